The van der Waals surface area contributed by atoms with Crippen molar-refractivity contribution >= 4 is 35.2 Å². The third-order valence-electron chi connectivity index (χ3n) is 2.41. The number of carbonyl (C=O) groups is 2. The Labute approximate surface area is 121 Å². The van der Waals surface area contributed by atoms with Crippen molar-refractivity contribution in [3.8, 4) is 0 Å². The van der Waals surface area contributed by atoms with Crippen LogP contribution in [0.2, 0.25) is 5.02 Å². The van der Waals surface area contributed by atoms with E-state index in [0.29, 0.717) is 11.4 Å². The highest BCUT2D eigenvalue weighted by Gasteiger charge is 2.14. The summed E-state index contributed by atoms with van der Waals surface area (Å²) in [5.74, 6) is -0.678. The molecule has 0 aromatic heterocycles. The van der Waals surface area contributed by atoms with Crippen LogP contribution in [0.25, 0.3) is 0 Å². The molecule has 1 aromatic rings. The van der Waals surface area contributed by atoms with E-state index in [4.69, 9.17) is 16.7 Å². The summed E-state index contributed by atoms with van der Waals surface area (Å²) in [6.45, 7) is 2.01. The Balaban J connectivity index is 2.45. The molecule has 19 heavy (non-hydrogen) atoms. The average Bonchev–Trinajstić information content (AvgIpc) is 2.37. The van der Waals surface area contributed by atoms with E-state index < -0.39 is 5.91 Å². The summed E-state index contributed by atoms with van der Waals surface area (Å²) < 4.78 is 0. The third kappa shape index (κ3) is 5.63. The van der Waals surface area contributed by atoms with E-state index in [-0.39, 0.29) is 29.1 Å². The lowest BCUT2D eigenvalue weighted by molar-refractivity contribution is -0.117. The molecule has 1 rings (SSSR count). The largest absolute Gasteiger partial charge is 0.396 e. The van der Waals surface area contributed by atoms with Crippen LogP contribution in [0.3, 0.4) is 0 Å². The van der Waals surface area contributed by atoms with Crippen LogP contribution in [0.5, 0.6) is 0 Å². The second kappa shape index (κ2) is 8.19. The van der Waals surface area contributed by atoms with Crippen LogP contribution in [0.15, 0.2) is 24.3 Å². The highest BCUT2D eigenvalue weighted by atomic mass is 35.5. The molecule has 0 saturated heterocycles. The number of amides is 2. The predicted octanol–water partition coefficient (Wildman–Crippen LogP) is 2.10. The first-order valence-corrected chi connectivity index (χ1v) is 7.28. The third-order valence-corrected chi connectivity index (χ3v) is 3.97. The molecule has 104 valence electrons. The molecule has 1 unspecified atom stereocenters. The number of thioether (sulfide) groups is 1. The van der Waals surface area contributed by atoms with Gasteiger partial charge in [-0.05, 0) is 18.6 Å². The number of benzene rings is 1. The number of halogens is 1. The van der Waals surface area contributed by atoms with Crippen molar-refractivity contribution in [1.82, 2.24) is 5.32 Å². The first-order chi connectivity index (χ1) is 9.04. The Bertz CT molecular complexity index is 453. The highest BCUT2D eigenvalue weighted by molar-refractivity contribution is 8.00. The number of hydrogen-bond acceptors (Lipinski definition) is 4. The van der Waals surface area contributed by atoms with Gasteiger partial charge in [0.15, 0.2) is 0 Å². The maximum absolute atomic E-state index is 11.8. The Morgan fingerprint density at radius 2 is 2.11 bits per heavy atom. The monoisotopic (exact) mass is 301 g/mol. The number of aliphatic hydroxyl groups is 1. The van der Waals surface area contributed by atoms with Gasteiger partial charge < -0.3 is 5.11 Å². The molecule has 0 heterocycles. The maximum atomic E-state index is 11.8. The minimum absolute atomic E-state index is 0.0916. The number of hydrogen-bond donors (Lipinski definition) is 2. The first-order valence-electron chi connectivity index (χ1n) is 5.85. The molecule has 1 aromatic carbocycles. The van der Waals surface area contributed by atoms with Crippen LogP contribution in [-0.2, 0) is 4.79 Å². The van der Waals surface area contributed by atoms with Crippen molar-refractivity contribution in [2.75, 3.05) is 12.4 Å². The molecule has 0 spiro atoms. The lowest BCUT2D eigenvalue weighted by Crippen LogP contribution is -2.32. The zero-order chi connectivity index (χ0) is 14.3. The summed E-state index contributed by atoms with van der Waals surface area (Å²) in [4.78, 5) is 23.4. The number of carbonyl (C=O) groups excluding carboxylic acids is 2. The molecule has 4 nitrogen and oxygen atoms in total. The van der Waals surface area contributed by atoms with Crippen LogP contribution < -0.4 is 5.32 Å². The van der Waals surface area contributed by atoms with Crippen molar-refractivity contribution in [1.29, 1.82) is 0 Å². The van der Waals surface area contributed by atoms with Crippen LogP contribution in [0.1, 0.15) is 23.7 Å². The SMILES string of the molecule is CC(CCO)SCC(=O)NC(=O)c1ccccc1Cl. The second-order valence-electron chi connectivity index (χ2n) is 3.99. The second-order valence-corrected chi connectivity index (χ2v) is 5.82. The van der Waals surface area contributed by atoms with Gasteiger partial charge in [-0.3, -0.25) is 14.9 Å². The van der Waals surface area contributed by atoms with Gasteiger partial charge in [-0.2, -0.15) is 0 Å². The van der Waals surface area contributed by atoms with Crippen molar-refractivity contribution in [3.63, 3.8) is 0 Å². The predicted molar refractivity (Wildman–Crippen MR) is 77.5 cm³/mol. The smallest absolute Gasteiger partial charge is 0.259 e. The summed E-state index contributed by atoms with van der Waals surface area (Å²) >= 11 is 7.26. The quantitative estimate of drug-likeness (QED) is 0.844. The van der Waals surface area contributed by atoms with E-state index in [9.17, 15) is 9.59 Å². The molecule has 6 heteroatoms. The van der Waals surface area contributed by atoms with E-state index in [1.165, 1.54) is 11.8 Å². The van der Waals surface area contributed by atoms with Gasteiger partial charge >= 0.3 is 0 Å². The zero-order valence-corrected chi connectivity index (χ0v) is 12.1. The number of aliphatic hydroxyl groups excluding tert-OH is 1. The average molecular weight is 302 g/mol. The van der Waals surface area contributed by atoms with Crippen LogP contribution >= 0.6 is 23.4 Å². The summed E-state index contributed by atoms with van der Waals surface area (Å²) in [5.41, 5.74) is 0.283. The van der Waals surface area contributed by atoms with E-state index in [1.54, 1.807) is 24.3 Å². The topological polar surface area (TPSA) is 66.4 Å². The van der Waals surface area contributed by atoms with Crippen molar-refractivity contribution < 1.29 is 14.7 Å². The Hall–Kier alpha value is -1.04. The molecule has 0 aliphatic heterocycles. The number of rotatable bonds is 6. The fourth-order valence-corrected chi connectivity index (χ4v) is 2.36. The lowest BCUT2D eigenvalue weighted by atomic mass is 10.2. The minimum Gasteiger partial charge on any atom is -0.396 e. The normalized spacial score (nSPS) is 11.9. The Morgan fingerprint density at radius 1 is 1.42 bits per heavy atom. The van der Waals surface area contributed by atoms with E-state index >= 15 is 0 Å². The van der Waals surface area contributed by atoms with Gasteiger partial charge in [0.05, 0.1) is 16.3 Å². The van der Waals surface area contributed by atoms with Gasteiger partial charge in [-0.15, -0.1) is 11.8 Å². The molecular weight excluding hydrogens is 286 g/mol. The summed E-state index contributed by atoms with van der Waals surface area (Å²) in [7, 11) is 0. The summed E-state index contributed by atoms with van der Waals surface area (Å²) in [6.07, 6.45) is 0.621. The van der Waals surface area contributed by atoms with Crippen molar-refractivity contribution in [2.24, 2.45) is 0 Å². The van der Waals surface area contributed by atoms with Crippen LogP contribution in [0, 0.1) is 0 Å². The standard InChI is InChI=1S/C13H16ClNO3S/c1-9(6-7-16)19-8-12(17)15-13(18)10-4-2-3-5-11(10)14/h2-5,9,16H,6-8H2,1H3,(H,15,17,18). The molecule has 0 radical (unpaired) electrons. The molecule has 0 aliphatic rings. The minimum atomic E-state index is -0.494. The lowest BCUT2D eigenvalue weighted by Gasteiger charge is -2.09. The molecule has 0 bridgehead atoms. The van der Waals surface area contributed by atoms with E-state index in [1.807, 2.05) is 6.92 Å². The molecule has 0 fully saturated rings. The Morgan fingerprint density at radius 3 is 2.74 bits per heavy atom. The fraction of sp³-hybridized carbons (Fsp3) is 0.385. The first kappa shape index (κ1) is 16.0. The molecular formula is C13H16ClNO3S. The number of imide groups is 1. The summed E-state index contributed by atoms with van der Waals surface area (Å²) in [5, 5.41) is 11.5. The van der Waals surface area contributed by atoms with Gasteiger partial charge in [0.25, 0.3) is 5.91 Å². The fourth-order valence-electron chi connectivity index (χ4n) is 1.36. The summed E-state index contributed by atoms with van der Waals surface area (Å²) in [6, 6.07) is 6.56. The van der Waals surface area contributed by atoms with E-state index in [2.05, 4.69) is 5.32 Å². The molecule has 0 aliphatic carbocycles. The number of nitrogens with one attached hydrogen (secondary N) is 1. The van der Waals surface area contributed by atoms with Crippen molar-refractivity contribution in [2.45, 2.75) is 18.6 Å². The van der Waals surface area contributed by atoms with Crippen LogP contribution in [0.4, 0.5) is 0 Å². The van der Waals surface area contributed by atoms with Crippen LogP contribution in [-0.4, -0.2) is 34.5 Å². The molecule has 0 saturated carbocycles. The van der Waals surface area contributed by atoms with E-state index in [0.717, 1.165) is 0 Å². The van der Waals surface area contributed by atoms with Gasteiger partial charge in [0.1, 0.15) is 0 Å². The van der Waals surface area contributed by atoms with Gasteiger partial charge in [-0.25, -0.2) is 0 Å². The van der Waals surface area contributed by atoms with Gasteiger partial charge in [0.2, 0.25) is 5.91 Å². The zero-order valence-electron chi connectivity index (χ0n) is 10.6. The molecule has 2 amide bonds. The van der Waals surface area contributed by atoms with Gasteiger partial charge in [-0.1, -0.05) is 30.7 Å². The highest BCUT2D eigenvalue weighted by Crippen LogP contribution is 2.15. The van der Waals surface area contributed by atoms with Crippen molar-refractivity contribution in [3.05, 3.63) is 34.9 Å². The van der Waals surface area contributed by atoms with Gasteiger partial charge in [0, 0.05) is 11.9 Å². The maximum Gasteiger partial charge on any atom is 0.259 e. The molecule has 1 atom stereocenters. The molecule has 2 N–H and O–H groups in total. The Kier molecular flexibility index (Phi) is 6.91.